The minimum atomic E-state index is -1.10. The van der Waals surface area contributed by atoms with Gasteiger partial charge in [0.15, 0.2) is 11.6 Å². The number of methoxy groups -OCH3 is 1. The highest BCUT2D eigenvalue weighted by Crippen LogP contribution is 2.43. The maximum Gasteiger partial charge on any atom is 0.253 e. The van der Waals surface area contributed by atoms with E-state index < -0.39 is 17.5 Å². The summed E-state index contributed by atoms with van der Waals surface area (Å²) in [5, 5.41) is 2.74. The van der Waals surface area contributed by atoms with Crippen molar-refractivity contribution in [2.45, 2.75) is 18.6 Å². The molecule has 1 saturated carbocycles. The van der Waals surface area contributed by atoms with Crippen LogP contribution >= 0.6 is 11.6 Å². The van der Waals surface area contributed by atoms with E-state index in [0.717, 1.165) is 18.6 Å². The third kappa shape index (κ3) is 2.59. The molecule has 1 N–H and O–H groups in total. The van der Waals surface area contributed by atoms with Gasteiger partial charge in [0.1, 0.15) is 0 Å². The lowest BCUT2D eigenvalue weighted by Gasteiger charge is -2.47. The molecule has 7 heteroatoms. The number of nitrogens with one attached hydrogen (secondary N) is 1. The van der Waals surface area contributed by atoms with Gasteiger partial charge < -0.3 is 14.8 Å². The first-order chi connectivity index (χ1) is 10.5. The molecule has 4 nitrogen and oxygen atoms in total. The maximum atomic E-state index is 13.3. The third-order valence-corrected chi connectivity index (χ3v) is 4.75. The van der Waals surface area contributed by atoms with Gasteiger partial charge in [0.2, 0.25) is 0 Å². The van der Waals surface area contributed by atoms with E-state index in [-0.39, 0.29) is 34.6 Å². The van der Waals surface area contributed by atoms with Gasteiger partial charge >= 0.3 is 0 Å². The zero-order chi connectivity index (χ0) is 15.9. The topological polar surface area (TPSA) is 47.6 Å². The van der Waals surface area contributed by atoms with Crippen molar-refractivity contribution in [3.8, 4) is 0 Å². The molecule has 1 aromatic carbocycles. The van der Waals surface area contributed by atoms with E-state index >= 15 is 0 Å². The molecule has 1 amide bonds. The molecule has 0 unspecified atom stereocenters. The Bertz CT molecular complexity index is 598. The number of hydrogen-bond acceptors (Lipinski definition) is 3. The Labute approximate surface area is 131 Å². The minimum Gasteiger partial charge on any atom is -0.384 e. The monoisotopic (exact) mass is 331 g/mol. The van der Waals surface area contributed by atoms with Crippen LogP contribution in [0.1, 0.15) is 16.8 Å². The molecule has 1 aliphatic carbocycles. The quantitative estimate of drug-likeness (QED) is 0.862. The third-order valence-electron chi connectivity index (χ3n) is 4.44. The second-order valence-corrected chi connectivity index (χ2v) is 6.06. The molecule has 1 aromatic rings. The second kappa shape index (κ2) is 6.10. The van der Waals surface area contributed by atoms with Crippen molar-refractivity contribution < 1.29 is 23.0 Å². The van der Waals surface area contributed by atoms with Gasteiger partial charge in [0.05, 0.1) is 23.3 Å². The number of carbonyl (C=O) groups excluding carboxylic acids is 1. The van der Waals surface area contributed by atoms with Gasteiger partial charge in [0.25, 0.3) is 5.91 Å². The molecular weight excluding hydrogens is 316 g/mol. The predicted molar refractivity (Wildman–Crippen MR) is 75.8 cm³/mol. The van der Waals surface area contributed by atoms with Gasteiger partial charge in [0, 0.05) is 31.6 Å². The van der Waals surface area contributed by atoms with E-state index in [4.69, 9.17) is 21.1 Å². The highest BCUT2D eigenvalue weighted by molar-refractivity contribution is 6.33. The summed E-state index contributed by atoms with van der Waals surface area (Å²) in [7, 11) is 1.59. The average Bonchev–Trinajstić information content (AvgIpc) is 2.90. The van der Waals surface area contributed by atoms with Gasteiger partial charge in [-0.05, 0) is 18.6 Å². The van der Waals surface area contributed by atoms with Crippen LogP contribution in [0, 0.1) is 23.5 Å². The molecule has 3 rings (SSSR count). The second-order valence-electron chi connectivity index (χ2n) is 5.65. The molecule has 1 saturated heterocycles. The summed E-state index contributed by atoms with van der Waals surface area (Å²) in [6.45, 7) is 1.13. The average molecular weight is 332 g/mol. The summed E-state index contributed by atoms with van der Waals surface area (Å²) in [5.41, 5.74) is -0.0703. The zero-order valence-corrected chi connectivity index (χ0v) is 12.7. The fourth-order valence-corrected chi connectivity index (χ4v) is 3.60. The van der Waals surface area contributed by atoms with Crippen molar-refractivity contribution in [3.05, 3.63) is 34.4 Å². The van der Waals surface area contributed by atoms with Gasteiger partial charge in [-0.2, -0.15) is 0 Å². The van der Waals surface area contributed by atoms with E-state index in [1.54, 1.807) is 7.11 Å². The number of carbonyl (C=O) groups is 1. The Balaban J connectivity index is 1.75. The number of benzene rings is 1. The van der Waals surface area contributed by atoms with Crippen LogP contribution in [0.25, 0.3) is 0 Å². The Kier molecular flexibility index (Phi) is 4.34. The fraction of sp³-hybridized carbons (Fsp3) is 0.533. The first kappa shape index (κ1) is 15.6. The number of amides is 1. The van der Waals surface area contributed by atoms with E-state index in [0.29, 0.717) is 13.2 Å². The maximum absolute atomic E-state index is 13.3. The van der Waals surface area contributed by atoms with Crippen molar-refractivity contribution in [3.63, 3.8) is 0 Å². The number of hydrogen-bond donors (Lipinski definition) is 1. The Morgan fingerprint density at radius 1 is 1.45 bits per heavy atom. The fourth-order valence-electron chi connectivity index (χ4n) is 3.36. The standard InChI is InChI=1S/C15H16ClF2NO3/c1-21-6-9-13(7-2-3-22-14(7)9)19-15(20)8-4-11(17)12(18)5-10(8)16/h4-5,7,9,13-14H,2-3,6H2,1H3,(H,19,20)/t7-,9-,13-,14-/m0/s1. The lowest BCUT2D eigenvalue weighted by molar-refractivity contribution is -0.0809. The Morgan fingerprint density at radius 2 is 2.18 bits per heavy atom. The SMILES string of the molecule is COC[C@H]1[C@@H](NC(=O)c2cc(F)c(F)cc2Cl)[C@@H]2CCO[C@@H]21. The minimum absolute atomic E-state index is 0.0607. The van der Waals surface area contributed by atoms with Crippen LogP contribution in [-0.4, -0.2) is 38.4 Å². The van der Waals surface area contributed by atoms with Crippen LogP contribution in [0.5, 0.6) is 0 Å². The lowest BCUT2D eigenvalue weighted by atomic mass is 9.67. The van der Waals surface area contributed by atoms with E-state index in [2.05, 4.69) is 5.32 Å². The van der Waals surface area contributed by atoms with Crippen LogP contribution < -0.4 is 5.32 Å². The molecule has 0 spiro atoms. The highest BCUT2D eigenvalue weighted by atomic mass is 35.5. The molecule has 0 bridgehead atoms. The van der Waals surface area contributed by atoms with Crippen LogP contribution in [-0.2, 0) is 9.47 Å². The first-order valence-corrected chi connectivity index (χ1v) is 7.46. The smallest absolute Gasteiger partial charge is 0.253 e. The molecule has 0 aromatic heterocycles. The summed E-state index contributed by atoms with van der Waals surface area (Å²) in [4.78, 5) is 12.3. The predicted octanol–water partition coefficient (Wildman–Crippen LogP) is 2.40. The van der Waals surface area contributed by atoms with Crippen LogP contribution in [0.3, 0.4) is 0 Å². The Hall–Kier alpha value is -1.24. The summed E-state index contributed by atoms with van der Waals surface area (Å²) in [5.74, 6) is -2.40. The van der Waals surface area contributed by atoms with Crippen molar-refractivity contribution in [2.75, 3.05) is 20.3 Å². The molecule has 4 atom stereocenters. The number of halogens is 3. The van der Waals surface area contributed by atoms with Crippen molar-refractivity contribution in [2.24, 2.45) is 11.8 Å². The summed E-state index contributed by atoms with van der Waals surface area (Å²) >= 11 is 5.83. The van der Waals surface area contributed by atoms with Gasteiger partial charge in [-0.3, -0.25) is 4.79 Å². The largest absolute Gasteiger partial charge is 0.384 e. The molecular formula is C15H16ClF2NO3. The number of ether oxygens (including phenoxy) is 2. The molecule has 120 valence electrons. The summed E-state index contributed by atoms with van der Waals surface area (Å²) < 4.78 is 37.2. The first-order valence-electron chi connectivity index (χ1n) is 7.09. The Morgan fingerprint density at radius 3 is 2.91 bits per heavy atom. The van der Waals surface area contributed by atoms with Gasteiger partial charge in [-0.25, -0.2) is 8.78 Å². The van der Waals surface area contributed by atoms with Crippen molar-refractivity contribution >= 4 is 17.5 Å². The summed E-state index contributed by atoms with van der Waals surface area (Å²) in [6.07, 6.45) is 0.951. The van der Waals surface area contributed by atoms with E-state index in [1.807, 2.05) is 0 Å². The zero-order valence-electron chi connectivity index (χ0n) is 11.9. The molecule has 0 radical (unpaired) electrons. The molecule has 22 heavy (non-hydrogen) atoms. The molecule has 1 aliphatic heterocycles. The van der Waals surface area contributed by atoms with E-state index in [1.165, 1.54) is 0 Å². The lowest BCUT2D eigenvalue weighted by Crippen LogP contribution is -2.62. The van der Waals surface area contributed by atoms with E-state index in [9.17, 15) is 13.6 Å². The number of fused-ring (bicyclic) bond motifs is 1. The highest BCUT2D eigenvalue weighted by Gasteiger charge is 2.54. The van der Waals surface area contributed by atoms with Gasteiger partial charge in [-0.1, -0.05) is 11.6 Å². The van der Waals surface area contributed by atoms with Crippen LogP contribution in [0.4, 0.5) is 8.78 Å². The molecule has 1 heterocycles. The number of rotatable bonds is 4. The normalized spacial score (nSPS) is 29.8. The molecule has 2 aliphatic rings. The van der Waals surface area contributed by atoms with Gasteiger partial charge in [-0.15, -0.1) is 0 Å². The summed E-state index contributed by atoms with van der Waals surface area (Å²) in [6, 6.07) is 1.52. The van der Waals surface area contributed by atoms with Crippen molar-refractivity contribution in [1.29, 1.82) is 0 Å². The van der Waals surface area contributed by atoms with Crippen molar-refractivity contribution in [1.82, 2.24) is 5.32 Å². The molecule has 2 fully saturated rings. The van der Waals surface area contributed by atoms with Crippen LogP contribution in [0.15, 0.2) is 12.1 Å². The van der Waals surface area contributed by atoms with Crippen LogP contribution in [0.2, 0.25) is 5.02 Å².